The van der Waals surface area contributed by atoms with Crippen LogP contribution in [0.15, 0.2) is 164 Å². The number of aromatic nitrogens is 7. The van der Waals surface area contributed by atoms with Gasteiger partial charge in [-0.15, -0.1) is 0 Å². The van der Waals surface area contributed by atoms with Gasteiger partial charge >= 0.3 is 0 Å². The van der Waals surface area contributed by atoms with E-state index in [0.717, 1.165) is 65.6 Å². The zero-order valence-corrected chi connectivity index (χ0v) is 28.7. The average Bonchev–Trinajstić information content (AvgIpc) is 3.25. The minimum Gasteiger partial charge on any atom is -0.256 e. The molecule has 11 aromatic rings. The predicted octanol–water partition coefficient (Wildman–Crippen LogP) is 11.0. The molecule has 54 heavy (non-hydrogen) atoms. The Hall–Kier alpha value is -7.51. The van der Waals surface area contributed by atoms with E-state index in [1.165, 1.54) is 16.2 Å². The summed E-state index contributed by atoms with van der Waals surface area (Å²) in [5.41, 5.74) is 5.72. The Morgan fingerprint density at radius 2 is 0.852 bits per heavy atom. The number of nitrogens with zero attached hydrogens (tertiary/aromatic N) is 7. The van der Waals surface area contributed by atoms with Gasteiger partial charge in [0, 0.05) is 62.0 Å². The van der Waals surface area contributed by atoms with Gasteiger partial charge in [-0.1, -0.05) is 109 Å². The molecule has 0 N–H and O–H groups in total. The zero-order chi connectivity index (χ0) is 35.6. The first-order valence-corrected chi connectivity index (χ1v) is 17.8. The van der Waals surface area contributed by atoms with Gasteiger partial charge in [0.2, 0.25) is 0 Å². The number of hydrogen-bond acceptors (Lipinski definition) is 7. The molecule has 0 atom stereocenters. The van der Waals surface area contributed by atoms with E-state index in [2.05, 4.69) is 97.1 Å². The van der Waals surface area contributed by atoms with Crippen LogP contribution in [0.3, 0.4) is 0 Å². The molecule has 0 radical (unpaired) electrons. The smallest absolute Gasteiger partial charge is 0.183 e. The van der Waals surface area contributed by atoms with Crippen LogP contribution < -0.4 is 0 Å². The molecule has 0 aliphatic rings. The van der Waals surface area contributed by atoms with Crippen molar-refractivity contribution in [1.82, 2.24) is 34.9 Å². The summed E-state index contributed by atoms with van der Waals surface area (Å²) >= 11 is 0. The van der Waals surface area contributed by atoms with E-state index in [1.807, 2.05) is 54.7 Å². The second-order valence-corrected chi connectivity index (χ2v) is 13.3. The maximum absolute atomic E-state index is 5.30. The number of pyridine rings is 4. The van der Waals surface area contributed by atoms with Gasteiger partial charge in [-0.3, -0.25) is 15.0 Å². The lowest BCUT2D eigenvalue weighted by atomic mass is 9.93. The highest BCUT2D eigenvalue weighted by Gasteiger charge is 2.21. The fourth-order valence-corrected chi connectivity index (χ4v) is 7.79. The normalized spacial score (nSPS) is 11.7. The standard InChI is InChI=1S/C47H27N7/c1-4-13-31-28(10-1)19-20-37-40(31)36-16-7-8-18-39(36)51-42(37)38-22-21-35(34-17-9-25-48-41(34)38)45-52-46(43-32-14-5-2-11-29(32)23-26-49-43)54-47(53-45)44-33-15-6-3-12-30(33)24-27-50-44/h1-27H. The van der Waals surface area contributed by atoms with E-state index in [0.29, 0.717) is 28.9 Å². The molecule has 0 aliphatic carbocycles. The first-order chi connectivity index (χ1) is 26.8. The fraction of sp³-hybridized carbons (Fsp3) is 0. The van der Waals surface area contributed by atoms with Crippen molar-refractivity contribution in [2.24, 2.45) is 0 Å². The lowest BCUT2D eigenvalue weighted by molar-refractivity contribution is 1.05. The summed E-state index contributed by atoms with van der Waals surface area (Å²) in [5.74, 6) is 1.44. The molecule has 11 rings (SSSR count). The van der Waals surface area contributed by atoms with Crippen LogP contribution in [0.4, 0.5) is 0 Å². The predicted molar refractivity (Wildman–Crippen MR) is 218 cm³/mol. The Morgan fingerprint density at radius 1 is 0.296 bits per heavy atom. The minimum absolute atomic E-state index is 0.469. The van der Waals surface area contributed by atoms with Crippen LogP contribution in [-0.4, -0.2) is 34.9 Å². The van der Waals surface area contributed by atoms with Crippen molar-refractivity contribution in [3.05, 3.63) is 164 Å². The van der Waals surface area contributed by atoms with Crippen molar-refractivity contribution < 1.29 is 0 Å². The van der Waals surface area contributed by atoms with Crippen LogP contribution >= 0.6 is 0 Å². The van der Waals surface area contributed by atoms with E-state index in [9.17, 15) is 0 Å². The van der Waals surface area contributed by atoms with E-state index in [1.54, 1.807) is 12.4 Å². The van der Waals surface area contributed by atoms with E-state index in [4.69, 9.17) is 34.9 Å². The third-order valence-electron chi connectivity index (χ3n) is 10.3. The lowest BCUT2D eigenvalue weighted by Crippen LogP contribution is -2.03. The molecule has 0 fully saturated rings. The van der Waals surface area contributed by atoms with Gasteiger partial charge in [0.1, 0.15) is 11.4 Å². The summed E-state index contributed by atoms with van der Waals surface area (Å²) in [5, 5.41) is 10.7. The first-order valence-electron chi connectivity index (χ1n) is 17.8. The highest BCUT2D eigenvalue weighted by atomic mass is 15.1. The topological polar surface area (TPSA) is 90.2 Å². The van der Waals surface area contributed by atoms with Crippen molar-refractivity contribution in [3.8, 4) is 45.7 Å². The number of fused-ring (bicyclic) bond motifs is 8. The van der Waals surface area contributed by atoms with Gasteiger partial charge in [0.15, 0.2) is 17.5 Å². The molecule has 6 aromatic carbocycles. The summed E-state index contributed by atoms with van der Waals surface area (Å²) in [4.78, 5) is 35.3. The SMILES string of the molecule is c1ccc2c(-c3nc(-c4nccc5ccccc45)nc(-c4ccc(-c5nc6ccccc6c6c5ccc5ccccc56)c5ncccc45)n3)nccc2c1. The van der Waals surface area contributed by atoms with Crippen LogP contribution in [0.25, 0.3) is 111 Å². The van der Waals surface area contributed by atoms with E-state index < -0.39 is 0 Å². The molecule has 0 saturated heterocycles. The van der Waals surface area contributed by atoms with Crippen LogP contribution in [0.1, 0.15) is 0 Å². The maximum Gasteiger partial charge on any atom is 0.183 e. The summed E-state index contributed by atoms with van der Waals surface area (Å²) in [6.07, 6.45) is 5.43. The van der Waals surface area contributed by atoms with Crippen molar-refractivity contribution in [2.75, 3.05) is 0 Å². The van der Waals surface area contributed by atoms with Crippen LogP contribution in [0.2, 0.25) is 0 Å². The Kier molecular flexibility index (Phi) is 6.72. The van der Waals surface area contributed by atoms with Gasteiger partial charge in [-0.05, 0) is 57.9 Å². The van der Waals surface area contributed by atoms with Crippen LogP contribution in [0, 0.1) is 0 Å². The number of para-hydroxylation sites is 1. The highest BCUT2D eigenvalue weighted by molar-refractivity contribution is 6.23. The second-order valence-electron chi connectivity index (χ2n) is 13.3. The quantitative estimate of drug-likeness (QED) is 0.170. The third kappa shape index (κ3) is 4.72. The second kappa shape index (κ2) is 12.0. The average molecular weight is 690 g/mol. The summed E-state index contributed by atoms with van der Waals surface area (Å²) in [6.45, 7) is 0. The molecule has 0 aliphatic heterocycles. The summed E-state index contributed by atoms with van der Waals surface area (Å²) in [7, 11) is 0. The van der Waals surface area contributed by atoms with Crippen molar-refractivity contribution in [3.63, 3.8) is 0 Å². The molecule has 0 amide bonds. The molecule has 7 heteroatoms. The van der Waals surface area contributed by atoms with Crippen molar-refractivity contribution >= 4 is 64.9 Å². The highest BCUT2D eigenvalue weighted by Crippen LogP contribution is 2.41. The Bertz CT molecular complexity index is 3180. The monoisotopic (exact) mass is 689 g/mol. The molecule has 5 aromatic heterocycles. The summed E-state index contributed by atoms with van der Waals surface area (Å²) < 4.78 is 0. The van der Waals surface area contributed by atoms with Gasteiger partial charge in [-0.25, -0.2) is 19.9 Å². The first kappa shape index (κ1) is 30.1. The molecule has 0 bridgehead atoms. The number of benzene rings is 6. The maximum atomic E-state index is 5.30. The third-order valence-corrected chi connectivity index (χ3v) is 10.3. The number of hydrogen-bond donors (Lipinski definition) is 0. The van der Waals surface area contributed by atoms with Crippen molar-refractivity contribution in [1.29, 1.82) is 0 Å². The van der Waals surface area contributed by atoms with Gasteiger partial charge in [0.25, 0.3) is 0 Å². The Morgan fingerprint density at radius 3 is 1.56 bits per heavy atom. The van der Waals surface area contributed by atoms with Gasteiger partial charge in [0.05, 0.1) is 16.7 Å². The Labute approximate surface area is 308 Å². The molecule has 0 saturated carbocycles. The molecule has 250 valence electrons. The summed E-state index contributed by atoms with van der Waals surface area (Å²) in [6, 6.07) is 49.8. The molecule has 7 nitrogen and oxygen atoms in total. The van der Waals surface area contributed by atoms with Gasteiger partial charge in [-0.2, -0.15) is 0 Å². The van der Waals surface area contributed by atoms with Crippen LogP contribution in [0.5, 0.6) is 0 Å². The number of rotatable bonds is 4. The lowest BCUT2D eigenvalue weighted by Gasteiger charge is -2.15. The molecule has 5 heterocycles. The zero-order valence-electron chi connectivity index (χ0n) is 28.7. The molecular weight excluding hydrogens is 663 g/mol. The Balaban J connectivity index is 1.19. The van der Waals surface area contributed by atoms with Crippen molar-refractivity contribution in [2.45, 2.75) is 0 Å². The minimum atomic E-state index is 0.469. The fourth-order valence-electron chi connectivity index (χ4n) is 7.79. The van der Waals surface area contributed by atoms with Crippen LogP contribution in [-0.2, 0) is 0 Å². The van der Waals surface area contributed by atoms with E-state index in [-0.39, 0.29) is 0 Å². The molecule has 0 unspecified atom stereocenters. The molecule has 0 spiro atoms. The van der Waals surface area contributed by atoms with Gasteiger partial charge < -0.3 is 0 Å². The molecular formula is C47H27N7. The van der Waals surface area contributed by atoms with E-state index >= 15 is 0 Å². The largest absolute Gasteiger partial charge is 0.256 e.